The zero-order valence-corrected chi connectivity index (χ0v) is 17.4. The molecule has 28 heavy (non-hydrogen) atoms. The van der Waals surface area contributed by atoms with Crippen LogP contribution in [0.15, 0.2) is 6.33 Å². The fourth-order valence-corrected chi connectivity index (χ4v) is 4.56. The molecule has 0 aromatic carbocycles. The third-order valence-corrected chi connectivity index (χ3v) is 6.91. The highest BCUT2D eigenvalue weighted by Gasteiger charge is 2.29. The van der Waals surface area contributed by atoms with Crippen molar-refractivity contribution in [3.63, 3.8) is 0 Å². The van der Waals surface area contributed by atoms with Gasteiger partial charge in [0.2, 0.25) is 10.0 Å². The number of hydrogen-bond donors (Lipinski definition) is 0. The first-order chi connectivity index (χ1) is 13.4. The second-order valence-electron chi connectivity index (χ2n) is 6.38. The van der Waals surface area contributed by atoms with E-state index in [1.54, 1.807) is 11.4 Å². The molecule has 1 saturated heterocycles. The van der Waals surface area contributed by atoms with Gasteiger partial charge in [-0.1, -0.05) is 0 Å². The number of aromatic nitrogens is 4. The highest BCUT2D eigenvalue weighted by Crippen LogP contribution is 2.26. The number of piperazine rings is 1. The summed E-state index contributed by atoms with van der Waals surface area (Å²) in [5, 5.41) is 3.84. The van der Waals surface area contributed by atoms with E-state index in [1.165, 1.54) is 10.6 Å². The Labute approximate surface area is 168 Å². The largest absolute Gasteiger partial charge is 0.466 e. The van der Waals surface area contributed by atoms with Gasteiger partial charge in [0, 0.05) is 43.9 Å². The van der Waals surface area contributed by atoms with Crippen molar-refractivity contribution in [2.24, 2.45) is 0 Å². The number of hydrogen-bond acceptors (Lipinski definition) is 8. The second-order valence-corrected chi connectivity index (χ2v) is 8.94. The molecule has 0 aliphatic carbocycles. The molecule has 3 rings (SSSR count). The van der Waals surface area contributed by atoms with E-state index in [0.29, 0.717) is 45.0 Å². The third kappa shape index (κ3) is 4.20. The highest BCUT2D eigenvalue weighted by molar-refractivity contribution is 7.90. The number of esters is 1. The molecule has 0 amide bonds. The lowest BCUT2D eigenvalue weighted by molar-refractivity contribution is -0.143. The molecule has 0 radical (unpaired) electrons. The predicted molar refractivity (Wildman–Crippen MR) is 104 cm³/mol. The van der Waals surface area contributed by atoms with Gasteiger partial charge in [0.15, 0.2) is 0 Å². The van der Waals surface area contributed by atoms with Gasteiger partial charge in [-0.2, -0.15) is 18.9 Å². The van der Waals surface area contributed by atoms with Crippen molar-refractivity contribution in [3.05, 3.63) is 17.6 Å². The Morgan fingerprint density at radius 2 is 2.00 bits per heavy atom. The number of carbonyl (C=O) groups is 1. The molecule has 10 nitrogen and oxygen atoms in total. The van der Waals surface area contributed by atoms with Crippen LogP contribution in [0.1, 0.15) is 24.6 Å². The first kappa shape index (κ1) is 20.7. The molecular formula is C16H23ClN6O4S. The van der Waals surface area contributed by atoms with Gasteiger partial charge in [0.25, 0.3) is 5.78 Å². The van der Waals surface area contributed by atoms with Gasteiger partial charge in [-0.05, 0) is 20.3 Å². The number of carbonyl (C=O) groups excluding carboxylic acids is 1. The van der Waals surface area contributed by atoms with Crippen LogP contribution in [-0.4, -0.2) is 76.3 Å². The first-order valence-corrected chi connectivity index (χ1v) is 11.1. The first-order valence-electron chi connectivity index (χ1n) is 9.01. The number of fused-ring (bicyclic) bond motifs is 1. The van der Waals surface area contributed by atoms with Crippen LogP contribution < -0.4 is 4.90 Å². The second kappa shape index (κ2) is 8.58. The Morgan fingerprint density at radius 1 is 1.29 bits per heavy atom. The topological polar surface area (TPSA) is 110 Å². The van der Waals surface area contributed by atoms with Crippen LogP contribution in [0.25, 0.3) is 5.78 Å². The summed E-state index contributed by atoms with van der Waals surface area (Å²) in [5.74, 6) is 0.972. The molecule has 0 N–H and O–H groups in total. The molecule has 2 aromatic rings. The van der Waals surface area contributed by atoms with Crippen LogP contribution in [0, 0.1) is 6.92 Å². The molecule has 1 fully saturated rings. The van der Waals surface area contributed by atoms with E-state index < -0.39 is 15.2 Å². The highest BCUT2D eigenvalue weighted by atomic mass is 35.5. The maximum Gasteiger partial charge on any atom is 0.306 e. The number of ether oxygens (including phenoxy) is 1. The van der Waals surface area contributed by atoms with Crippen molar-refractivity contribution in [2.45, 2.75) is 26.7 Å². The van der Waals surface area contributed by atoms with Crippen LogP contribution >= 0.6 is 11.6 Å². The fourth-order valence-electron chi connectivity index (χ4n) is 3.29. The maximum absolute atomic E-state index is 12.0. The van der Waals surface area contributed by atoms with Crippen molar-refractivity contribution in [1.82, 2.24) is 23.9 Å². The Morgan fingerprint density at radius 3 is 2.64 bits per heavy atom. The molecule has 12 heteroatoms. The monoisotopic (exact) mass is 430 g/mol. The molecule has 1 aliphatic rings. The summed E-state index contributed by atoms with van der Waals surface area (Å²) in [7, 11) is -3.44. The molecule has 0 unspecified atom stereocenters. The fraction of sp³-hybridized carbons (Fsp3) is 0.625. The zero-order chi connectivity index (χ0) is 20.3. The molecule has 0 atom stereocenters. The maximum atomic E-state index is 12.0. The summed E-state index contributed by atoms with van der Waals surface area (Å²) in [5.41, 5.74) is 1.63. The predicted octanol–water partition coefficient (Wildman–Crippen LogP) is 0.577. The van der Waals surface area contributed by atoms with E-state index >= 15 is 0 Å². The SMILES string of the molecule is CCOC(=O)CCc1c(C)nc2ncnn2c1N1CCN(S(=O)(=O)CCl)CC1. The third-order valence-electron chi connectivity index (χ3n) is 4.66. The van der Waals surface area contributed by atoms with E-state index in [1.807, 2.05) is 6.92 Å². The van der Waals surface area contributed by atoms with Gasteiger partial charge < -0.3 is 9.64 Å². The molecule has 0 saturated carbocycles. The van der Waals surface area contributed by atoms with Gasteiger partial charge in [-0.3, -0.25) is 4.79 Å². The van der Waals surface area contributed by atoms with Crippen molar-refractivity contribution in [2.75, 3.05) is 42.9 Å². The molecular weight excluding hydrogens is 408 g/mol. The van der Waals surface area contributed by atoms with Crippen LogP contribution in [0.3, 0.4) is 0 Å². The molecule has 0 spiro atoms. The van der Waals surface area contributed by atoms with E-state index in [0.717, 1.165) is 17.1 Å². The van der Waals surface area contributed by atoms with Crippen molar-refractivity contribution in [3.8, 4) is 0 Å². The van der Waals surface area contributed by atoms with Gasteiger partial charge in [-0.15, -0.1) is 11.6 Å². The number of halogens is 1. The summed E-state index contributed by atoms with van der Waals surface area (Å²) < 4.78 is 32.1. The summed E-state index contributed by atoms with van der Waals surface area (Å²) in [6.45, 7) is 5.57. The van der Waals surface area contributed by atoms with Crippen LogP contribution in [0.2, 0.25) is 0 Å². The summed E-state index contributed by atoms with van der Waals surface area (Å²) in [6.07, 6.45) is 2.10. The van der Waals surface area contributed by atoms with Gasteiger partial charge in [0.05, 0.1) is 6.61 Å². The van der Waals surface area contributed by atoms with Gasteiger partial charge in [0.1, 0.15) is 17.4 Å². The summed E-state index contributed by atoms with van der Waals surface area (Å²) in [6, 6.07) is 0. The number of alkyl halides is 1. The van der Waals surface area contributed by atoms with E-state index in [4.69, 9.17) is 16.3 Å². The number of rotatable bonds is 7. The van der Waals surface area contributed by atoms with Crippen LogP contribution in [0.4, 0.5) is 5.82 Å². The van der Waals surface area contributed by atoms with Gasteiger partial charge in [-0.25, -0.2) is 13.4 Å². The van der Waals surface area contributed by atoms with Crippen molar-refractivity contribution < 1.29 is 17.9 Å². The number of sulfonamides is 1. The smallest absolute Gasteiger partial charge is 0.306 e. The summed E-state index contributed by atoms with van der Waals surface area (Å²) >= 11 is 5.57. The van der Waals surface area contributed by atoms with Crippen molar-refractivity contribution in [1.29, 1.82) is 0 Å². The lowest BCUT2D eigenvalue weighted by Gasteiger charge is -2.36. The Hall–Kier alpha value is -1.98. The molecule has 154 valence electrons. The minimum atomic E-state index is -3.44. The average molecular weight is 431 g/mol. The molecule has 3 heterocycles. The van der Waals surface area contributed by atoms with Gasteiger partial charge >= 0.3 is 5.97 Å². The minimum Gasteiger partial charge on any atom is -0.466 e. The molecule has 1 aliphatic heterocycles. The Bertz CT molecular complexity index is 955. The normalized spacial score (nSPS) is 15.9. The Kier molecular flexibility index (Phi) is 6.36. The van der Waals surface area contributed by atoms with E-state index in [9.17, 15) is 13.2 Å². The van der Waals surface area contributed by atoms with E-state index in [-0.39, 0.29) is 12.4 Å². The van der Waals surface area contributed by atoms with Crippen LogP contribution in [-0.2, 0) is 26.0 Å². The lowest BCUT2D eigenvalue weighted by Crippen LogP contribution is -2.49. The molecule has 0 bridgehead atoms. The number of aryl methyl sites for hydroxylation is 1. The Balaban J connectivity index is 1.90. The lowest BCUT2D eigenvalue weighted by atomic mass is 10.1. The summed E-state index contributed by atoms with van der Waals surface area (Å²) in [4.78, 5) is 22.5. The molecule has 2 aromatic heterocycles. The number of anilines is 1. The average Bonchev–Trinajstić information content (AvgIpc) is 3.14. The van der Waals surface area contributed by atoms with E-state index in [2.05, 4.69) is 20.0 Å². The standard InChI is InChI=1S/C16H23ClN6O4S/c1-3-27-14(24)5-4-13-12(2)20-16-18-11-19-23(16)15(13)21-6-8-22(9-7-21)28(25,26)10-17/h11H,3-10H2,1-2H3. The van der Waals surface area contributed by atoms with Crippen molar-refractivity contribution >= 4 is 39.2 Å². The van der Waals surface area contributed by atoms with Crippen LogP contribution in [0.5, 0.6) is 0 Å². The zero-order valence-electron chi connectivity index (χ0n) is 15.8. The minimum absolute atomic E-state index is 0.226. The quantitative estimate of drug-likeness (QED) is 0.463. The number of nitrogens with zero attached hydrogens (tertiary/aromatic N) is 6.